The standard InChI is InChI=1S/C26H28N4O2S/c1-3-18-11-13-19(14-12-18)23-22(25-28-24(29-32-25)20-8-5-4-6-9-20)17(2)30(26(33)27-23)16-21-10-7-15-31-21/h4-6,8-9,11-14,21,23H,3,7,10,15-16H2,1-2H3,(H,27,33). The van der Waals surface area contributed by atoms with Crippen molar-refractivity contribution in [1.29, 1.82) is 0 Å². The van der Waals surface area contributed by atoms with E-state index in [0.717, 1.165) is 48.3 Å². The van der Waals surface area contributed by atoms with Gasteiger partial charge in [0.15, 0.2) is 5.11 Å². The molecule has 2 aliphatic rings. The molecule has 0 spiro atoms. The predicted octanol–water partition coefficient (Wildman–Crippen LogP) is 5.14. The number of aryl methyl sites for hydroxylation is 1. The molecule has 0 saturated carbocycles. The topological polar surface area (TPSA) is 63.4 Å². The molecule has 1 fully saturated rings. The highest BCUT2D eigenvalue weighted by Gasteiger charge is 2.35. The summed E-state index contributed by atoms with van der Waals surface area (Å²) >= 11 is 5.81. The summed E-state index contributed by atoms with van der Waals surface area (Å²) in [7, 11) is 0. The lowest BCUT2D eigenvalue weighted by atomic mass is 9.93. The normalized spacial score (nSPS) is 20.9. The first-order chi connectivity index (χ1) is 16.1. The lowest BCUT2D eigenvalue weighted by Gasteiger charge is -2.38. The molecule has 0 bridgehead atoms. The highest BCUT2D eigenvalue weighted by molar-refractivity contribution is 7.80. The van der Waals surface area contributed by atoms with Gasteiger partial charge in [0.2, 0.25) is 5.82 Å². The minimum absolute atomic E-state index is 0.170. The first kappa shape index (κ1) is 21.8. The zero-order chi connectivity index (χ0) is 22.8. The van der Waals surface area contributed by atoms with E-state index in [1.54, 1.807) is 0 Å². The van der Waals surface area contributed by atoms with Gasteiger partial charge < -0.3 is 19.5 Å². The van der Waals surface area contributed by atoms with Gasteiger partial charge in [-0.1, -0.05) is 66.7 Å². The summed E-state index contributed by atoms with van der Waals surface area (Å²) in [6.07, 6.45) is 3.30. The molecule has 1 N–H and O–H groups in total. The van der Waals surface area contributed by atoms with E-state index in [4.69, 9.17) is 26.5 Å². The van der Waals surface area contributed by atoms with Crippen LogP contribution in [0.3, 0.4) is 0 Å². The lowest BCUT2D eigenvalue weighted by Crippen LogP contribution is -2.48. The smallest absolute Gasteiger partial charge is 0.258 e. The molecule has 0 amide bonds. The van der Waals surface area contributed by atoms with Crippen molar-refractivity contribution >= 4 is 22.9 Å². The molecule has 1 aromatic heterocycles. The minimum Gasteiger partial charge on any atom is -0.376 e. The Kier molecular flexibility index (Phi) is 6.24. The van der Waals surface area contributed by atoms with Crippen LogP contribution in [-0.2, 0) is 11.2 Å². The van der Waals surface area contributed by atoms with Crippen LogP contribution < -0.4 is 5.32 Å². The lowest BCUT2D eigenvalue weighted by molar-refractivity contribution is 0.0962. The van der Waals surface area contributed by atoms with Crippen LogP contribution in [0, 0.1) is 0 Å². The Balaban J connectivity index is 1.56. The van der Waals surface area contributed by atoms with Gasteiger partial charge >= 0.3 is 0 Å². The summed E-state index contributed by atoms with van der Waals surface area (Å²) in [5.41, 5.74) is 5.29. The molecule has 5 rings (SSSR count). The molecule has 2 unspecified atom stereocenters. The number of hydrogen-bond acceptors (Lipinski definition) is 5. The van der Waals surface area contributed by atoms with Crippen LogP contribution in [0.15, 0.2) is 64.8 Å². The molecule has 2 atom stereocenters. The van der Waals surface area contributed by atoms with Gasteiger partial charge in [-0.15, -0.1) is 0 Å². The van der Waals surface area contributed by atoms with E-state index >= 15 is 0 Å². The second-order valence-corrected chi connectivity index (χ2v) is 8.90. The maximum Gasteiger partial charge on any atom is 0.258 e. The van der Waals surface area contributed by atoms with Gasteiger partial charge in [0.1, 0.15) is 0 Å². The molecule has 3 heterocycles. The molecule has 3 aromatic rings. The van der Waals surface area contributed by atoms with E-state index in [2.05, 4.69) is 53.5 Å². The van der Waals surface area contributed by atoms with Crippen LogP contribution in [0.2, 0.25) is 0 Å². The summed E-state index contributed by atoms with van der Waals surface area (Å²) in [5, 5.41) is 8.51. The van der Waals surface area contributed by atoms with Crippen LogP contribution in [-0.4, -0.2) is 39.4 Å². The second kappa shape index (κ2) is 9.45. The first-order valence-corrected chi connectivity index (χ1v) is 11.9. The van der Waals surface area contributed by atoms with Crippen molar-refractivity contribution in [2.24, 2.45) is 0 Å². The van der Waals surface area contributed by atoms with Gasteiger partial charge in [0, 0.05) is 17.9 Å². The SMILES string of the molecule is CCc1ccc(C2NC(=S)N(CC3CCCO3)C(C)=C2c2nc(-c3ccccc3)no2)cc1. The molecular formula is C26H28N4O2S. The van der Waals surface area contributed by atoms with E-state index < -0.39 is 0 Å². The quantitative estimate of drug-likeness (QED) is 0.511. The van der Waals surface area contributed by atoms with E-state index in [1.807, 2.05) is 30.3 Å². The first-order valence-electron chi connectivity index (χ1n) is 11.5. The highest BCUT2D eigenvalue weighted by atomic mass is 32.1. The largest absolute Gasteiger partial charge is 0.376 e. The fourth-order valence-corrected chi connectivity index (χ4v) is 4.83. The van der Waals surface area contributed by atoms with Crippen molar-refractivity contribution < 1.29 is 9.26 Å². The number of aromatic nitrogens is 2. The molecule has 1 saturated heterocycles. The third kappa shape index (κ3) is 4.43. The minimum atomic E-state index is -0.173. The van der Waals surface area contributed by atoms with Crippen molar-refractivity contribution in [2.45, 2.75) is 45.3 Å². The van der Waals surface area contributed by atoms with Gasteiger partial charge in [-0.2, -0.15) is 4.98 Å². The second-order valence-electron chi connectivity index (χ2n) is 8.51. The maximum absolute atomic E-state index is 5.89. The van der Waals surface area contributed by atoms with Crippen LogP contribution in [0.4, 0.5) is 0 Å². The highest BCUT2D eigenvalue weighted by Crippen LogP contribution is 2.38. The number of hydrogen-bond donors (Lipinski definition) is 1. The number of nitrogens with one attached hydrogen (secondary N) is 1. The predicted molar refractivity (Wildman–Crippen MR) is 132 cm³/mol. The number of rotatable bonds is 6. The van der Waals surface area contributed by atoms with Crippen molar-refractivity contribution in [2.75, 3.05) is 13.2 Å². The van der Waals surface area contributed by atoms with Gasteiger partial charge in [-0.25, -0.2) is 0 Å². The third-order valence-electron chi connectivity index (χ3n) is 6.42. The number of benzene rings is 2. The summed E-state index contributed by atoms with van der Waals surface area (Å²) in [6, 6.07) is 18.3. The molecule has 6 nitrogen and oxygen atoms in total. The van der Waals surface area contributed by atoms with Gasteiger partial charge in [-0.3, -0.25) is 0 Å². The third-order valence-corrected chi connectivity index (χ3v) is 6.75. The van der Waals surface area contributed by atoms with Gasteiger partial charge in [0.25, 0.3) is 5.89 Å². The zero-order valence-corrected chi connectivity index (χ0v) is 19.8. The summed E-state index contributed by atoms with van der Waals surface area (Å²) < 4.78 is 11.7. The Morgan fingerprint density at radius 1 is 1.12 bits per heavy atom. The number of nitrogens with zero attached hydrogens (tertiary/aromatic N) is 3. The molecule has 0 radical (unpaired) electrons. The fourth-order valence-electron chi connectivity index (χ4n) is 4.50. The van der Waals surface area contributed by atoms with Crippen molar-refractivity contribution in [3.63, 3.8) is 0 Å². The summed E-state index contributed by atoms with van der Waals surface area (Å²) in [5.74, 6) is 1.08. The maximum atomic E-state index is 5.89. The van der Waals surface area contributed by atoms with Crippen molar-refractivity contribution in [3.05, 3.63) is 77.3 Å². The zero-order valence-electron chi connectivity index (χ0n) is 19.0. The Bertz CT molecular complexity index is 1150. The van der Waals surface area contributed by atoms with Crippen LogP contribution in [0.1, 0.15) is 49.7 Å². The van der Waals surface area contributed by atoms with Gasteiger partial charge in [-0.05, 0) is 49.5 Å². The number of thiocarbonyl (C=S) groups is 1. The van der Waals surface area contributed by atoms with E-state index in [9.17, 15) is 0 Å². The Hall–Kier alpha value is -3.03. The van der Waals surface area contributed by atoms with Crippen molar-refractivity contribution in [1.82, 2.24) is 20.4 Å². The fraction of sp³-hybridized carbons (Fsp3) is 0.346. The van der Waals surface area contributed by atoms with E-state index in [1.165, 1.54) is 5.56 Å². The van der Waals surface area contributed by atoms with E-state index in [0.29, 0.717) is 23.4 Å². The van der Waals surface area contributed by atoms with Crippen LogP contribution in [0.5, 0.6) is 0 Å². The van der Waals surface area contributed by atoms with Crippen LogP contribution >= 0.6 is 12.2 Å². The average Bonchev–Trinajstić information content (AvgIpc) is 3.54. The van der Waals surface area contributed by atoms with E-state index in [-0.39, 0.29) is 12.1 Å². The summed E-state index contributed by atoms with van der Waals surface area (Å²) in [6.45, 7) is 5.76. The molecule has 33 heavy (non-hydrogen) atoms. The van der Waals surface area contributed by atoms with Gasteiger partial charge in [0.05, 0.1) is 24.3 Å². The van der Waals surface area contributed by atoms with Crippen molar-refractivity contribution in [3.8, 4) is 11.4 Å². The average molecular weight is 461 g/mol. The molecule has 7 heteroatoms. The summed E-state index contributed by atoms with van der Waals surface area (Å²) in [4.78, 5) is 6.89. The Morgan fingerprint density at radius 2 is 1.91 bits per heavy atom. The molecule has 0 aliphatic carbocycles. The molecule has 2 aromatic carbocycles. The molecular weight excluding hydrogens is 432 g/mol. The monoisotopic (exact) mass is 460 g/mol. The molecule has 170 valence electrons. The Morgan fingerprint density at radius 3 is 2.61 bits per heavy atom. The number of ether oxygens (including phenoxy) is 1. The number of allylic oxidation sites excluding steroid dienone is 1. The van der Waals surface area contributed by atoms with Crippen LogP contribution in [0.25, 0.3) is 17.0 Å². The Labute approximate surface area is 199 Å². The molecule has 2 aliphatic heterocycles.